The number of nitrogens with zero attached hydrogens (tertiary/aromatic N) is 1. The van der Waals surface area contributed by atoms with Gasteiger partial charge in [-0.2, -0.15) is 0 Å². The van der Waals surface area contributed by atoms with Gasteiger partial charge in [0.15, 0.2) is 0 Å². The highest BCUT2D eigenvalue weighted by atomic mass is 16.5. The molecule has 102 valence electrons. The molecule has 0 bridgehead atoms. The Hall–Kier alpha value is -2.04. The van der Waals surface area contributed by atoms with Crippen LogP contribution in [-0.2, 0) is 4.79 Å². The van der Waals surface area contributed by atoms with Gasteiger partial charge < -0.3 is 4.74 Å². The van der Waals surface area contributed by atoms with Crippen molar-refractivity contribution < 1.29 is 14.3 Å². The van der Waals surface area contributed by atoms with Crippen LogP contribution < -0.4 is 15.0 Å². The van der Waals surface area contributed by atoms with Gasteiger partial charge in [-0.15, -0.1) is 0 Å². The molecule has 3 amide bonds. The number of amides is 3. The summed E-state index contributed by atoms with van der Waals surface area (Å²) >= 11 is 0. The zero-order valence-corrected chi connectivity index (χ0v) is 11.2. The number of nitrogens with one attached hydrogen (secondary N) is 1. The van der Waals surface area contributed by atoms with Crippen molar-refractivity contribution in [2.75, 3.05) is 11.4 Å². The molecule has 1 heterocycles. The number of urea groups is 1. The third-order valence-electron chi connectivity index (χ3n) is 3.10. The summed E-state index contributed by atoms with van der Waals surface area (Å²) in [4.78, 5) is 24.4. The topological polar surface area (TPSA) is 58.6 Å². The predicted molar refractivity (Wildman–Crippen MR) is 72.3 cm³/mol. The van der Waals surface area contributed by atoms with Gasteiger partial charge >= 0.3 is 6.03 Å². The lowest BCUT2D eigenvalue weighted by atomic mass is 10.2. The van der Waals surface area contributed by atoms with E-state index in [2.05, 4.69) is 12.2 Å². The molecule has 1 atom stereocenters. The maximum Gasteiger partial charge on any atom is 0.328 e. The van der Waals surface area contributed by atoms with Crippen molar-refractivity contribution in [3.05, 3.63) is 24.3 Å². The van der Waals surface area contributed by atoms with Crippen molar-refractivity contribution in [3.63, 3.8) is 0 Å². The summed E-state index contributed by atoms with van der Waals surface area (Å²) in [5, 5.41) is 2.31. The summed E-state index contributed by atoms with van der Waals surface area (Å²) in [6, 6.07) is 6.98. The summed E-state index contributed by atoms with van der Waals surface area (Å²) < 4.78 is 5.73. The zero-order valence-electron chi connectivity index (χ0n) is 11.2. The van der Waals surface area contributed by atoms with Crippen molar-refractivity contribution in [1.29, 1.82) is 0 Å². The number of hydrogen-bond acceptors (Lipinski definition) is 3. The van der Waals surface area contributed by atoms with E-state index in [9.17, 15) is 9.59 Å². The minimum Gasteiger partial charge on any atom is -0.491 e. The Bertz CT molecular complexity index is 487. The SMILES string of the molecule is CCC(C)Oc1cccc(N2CCC(=O)NC2=O)c1. The van der Waals surface area contributed by atoms with Crippen LogP contribution in [0, 0.1) is 0 Å². The van der Waals surface area contributed by atoms with Crippen LogP contribution in [0.2, 0.25) is 0 Å². The number of anilines is 1. The second-order valence-corrected chi connectivity index (χ2v) is 4.59. The molecular weight excluding hydrogens is 244 g/mol. The third-order valence-corrected chi connectivity index (χ3v) is 3.10. The Labute approximate surface area is 112 Å². The van der Waals surface area contributed by atoms with Crippen molar-refractivity contribution in [2.24, 2.45) is 0 Å². The van der Waals surface area contributed by atoms with Gasteiger partial charge in [-0.3, -0.25) is 15.0 Å². The molecule has 5 heteroatoms. The van der Waals surface area contributed by atoms with Gasteiger partial charge in [0.25, 0.3) is 0 Å². The van der Waals surface area contributed by atoms with E-state index in [1.54, 1.807) is 4.90 Å². The molecule has 1 fully saturated rings. The van der Waals surface area contributed by atoms with E-state index in [-0.39, 0.29) is 18.0 Å². The molecule has 1 aliphatic rings. The second kappa shape index (κ2) is 5.73. The molecule has 1 saturated heterocycles. The molecule has 2 rings (SSSR count). The Morgan fingerprint density at radius 3 is 2.89 bits per heavy atom. The van der Waals surface area contributed by atoms with E-state index >= 15 is 0 Å². The van der Waals surface area contributed by atoms with Gasteiger partial charge in [0, 0.05) is 24.7 Å². The summed E-state index contributed by atoms with van der Waals surface area (Å²) in [6.07, 6.45) is 1.37. The van der Waals surface area contributed by atoms with Gasteiger partial charge in [-0.1, -0.05) is 13.0 Å². The maximum absolute atomic E-state index is 11.7. The first-order valence-electron chi connectivity index (χ1n) is 6.48. The summed E-state index contributed by atoms with van der Waals surface area (Å²) in [5.41, 5.74) is 0.741. The molecule has 1 N–H and O–H groups in total. The Morgan fingerprint density at radius 1 is 1.42 bits per heavy atom. The molecule has 0 aliphatic carbocycles. The van der Waals surface area contributed by atoms with Crippen molar-refractivity contribution in [3.8, 4) is 5.75 Å². The summed E-state index contributed by atoms with van der Waals surface area (Å²) in [7, 11) is 0. The lowest BCUT2D eigenvalue weighted by Crippen LogP contribution is -2.49. The molecule has 0 radical (unpaired) electrons. The smallest absolute Gasteiger partial charge is 0.328 e. The van der Waals surface area contributed by atoms with E-state index in [4.69, 9.17) is 4.74 Å². The lowest BCUT2D eigenvalue weighted by Gasteiger charge is -2.27. The first kappa shape index (κ1) is 13.4. The highest BCUT2D eigenvalue weighted by molar-refractivity contribution is 6.05. The van der Waals surface area contributed by atoms with Crippen LogP contribution >= 0.6 is 0 Å². The third kappa shape index (κ3) is 3.24. The van der Waals surface area contributed by atoms with Crippen LogP contribution in [0.1, 0.15) is 26.7 Å². The number of imide groups is 1. The fourth-order valence-corrected chi connectivity index (χ4v) is 1.85. The van der Waals surface area contributed by atoms with Crippen LogP contribution in [0.3, 0.4) is 0 Å². The van der Waals surface area contributed by atoms with E-state index < -0.39 is 0 Å². The maximum atomic E-state index is 11.7. The van der Waals surface area contributed by atoms with Crippen molar-refractivity contribution >= 4 is 17.6 Å². The number of carbonyl (C=O) groups is 2. The molecular formula is C14H18N2O3. The van der Waals surface area contributed by atoms with E-state index in [1.165, 1.54) is 0 Å². The van der Waals surface area contributed by atoms with E-state index in [1.807, 2.05) is 31.2 Å². The number of rotatable bonds is 4. The molecule has 0 aromatic heterocycles. The quantitative estimate of drug-likeness (QED) is 0.905. The predicted octanol–water partition coefficient (Wildman–Crippen LogP) is 2.31. The normalized spacial score (nSPS) is 17.1. The summed E-state index contributed by atoms with van der Waals surface area (Å²) in [6.45, 7) is 4.45. The molecule has 1 unspecified atom stereocenters. The van der Waals surface area contributed by atoms with E-state index in [0.29, 0.717) is 13.0 Å². The molecule has 1 aliphatic heterocycles. The van der Waals surface area contributed by atoms with Crippen LogP contribution in [0.4, 0.5) is 10.5 Å². The first-order chi connectivity index (χ1) is 9.10. The van der Waals surface area contributed by atoms with Crippen LogP contribution in [0.15, 0.2) is 24.3 Å². The van der Waals surface area contributed by atoms with Gasteiger partial charge in [0.05, 0.1) is 6.10 Å². The molecule has 1 aromatic carbocycles. The minimum absolute atomic E-state index is 0.131. The fraction of sp³-hybridized carbons (Fsp3) is 0.429. The Kier molecular flexibility index (Phi) is 4.04. The Morgan fingerprint density at radius 2 is 2.21 bits per heavy atom. The number of hydrogen-bond donors (Lipinski definition) is 1. The average molecular weight is 262 g/mol. The molecule has 0 saturated carbocycles. The second-order valence-electron chi connectivity index (χ2n) is 4.59. The number of benzene rings is 1. The lowest BCUT2D eigenvalue weighted by molar-refractivity contribution is -0.120. The minimum atomic E-state index is -0.378. The van der Waals surface area contributed by atoms with Crippen LogP contribution in [0.25, 0.3) is 0 Å². The standard InChI is InChI=1S/C14H18N2O3/c1-3-10(2)19-12-6-4-5-11(9-12)16-8-7-13(17)15-14(16)18/h4-6,9-10H,3,7-8H2,1-2H3,(H,15,17,18). The van der Waals surface area contributed by atoms with Gasteiger partial charge in [0.2, 0.25) is 5.91 Å². The average Bonchev–Trinajstić information content (AvgIpc) is 2.39. The molecule has 5 nitrogen and oxygen atoms in total. The van der Waals surface area contributed by atoms with Crippen molar-refractivity contribution in [1.82, 2.24) is 5.32 Å². The molecule has 19 heavy (non-hydrogen) atoms. The fourth-order valence-electron chi connectivity index (χ4n) is 1.85. The molecule has 0 spiro atoms. The molecule has 1 aromatic rings. The van der Waals surface area contributed by atoms with Crippen LogP contribution in [-0.4, -0.2) is 24.6 Å². The van der Waals surface area contributed by atoms with E-state index in [0.717, 1.165) is 17.9 Å². The van der Waals surface area contributed by atoms with Crippen molar-refractivity contribution in [2.45, 2.75) is 32.8 Å². The summed E-state index contributed by atoms with van der Waals surface area (Å²) in [5.74, 6) is 0.504. The monoisotopic (exact) mass is 262 g/mol. The highest BCUT2D eigenvalue weighted by Gasteiger charge is 2.24. The van der Waals surface area contributed by atoms with Crippen LogP contribution in [0.5, 0.6) is 5.75 Å². The highest BCUT2D eigenvalue weighted by Crippen LogP contribution is 2.23. The first-order valence-corrected chi connectivity index (χ1v) is 6.48. The number of ether oxygens (including phenoxy) is 1. The van der Waals surface area contributed by atoms with Gasteiger partial charge in [-0.25, -0.2) is 4.79 Å². The number of carbonyl (C=O) groups excluding carboxylic acids is 2. The largest absolute Gasteiger partial charge is 0.491 e. The Balaban J connectivity index is 2.14. The van der Waals surface area contributed by atoms with Gasteiger partial charge in [0.1, 0.15) is 5.75 Å². The zero-order chi connectivity index (χ0) is 13.8. The van der Waals surface area contributed by atoms with Gasteiger partial charge in [-0.05, 0) is 25.5 Å².